The molecule has 3 nitrogen and oxygen atoms in total. The van der Waals surface area contributed by atoms with E-state index in [-0.39, 0.29) is 0 Å². The largest absolute Gasteiger partial charge is 0.383 e. The predicted molar refractivity (Wildman–Crippen MR) is 56.6 cm³/mol. The van der Waals surface area contributed by atoms with Crippen LogP contribution in [0, 0.1) is 6.92 Å². The Hall–Kier alpha value is -1.90. The third kappa shape index (κ3) is 1.57. The molecular formula is C11H11N3. The lowest BCUT2D eigenvalue weighted by Crippen LogP contribution is -1.97. The lowest BCUT2D eigenvalue weighted by molar-refractivity contribution is 1.06. The van der Waals surface area contributed by atoms with Crippen molar-refractivity contribution in [1.29, 1.82) is 0 Å². The van der Waals surface area contributed by atoms with Gasteiger partial charge in [-0.15, -0.1) is 0 Å². The number of hydrogen-bond acceptors (Lipinski definition) is 3. The summed E-state index contributed by atoms with van der Waals surface area (Å²) in [6, 6.07) is 9.88. The second-order valence-corrected chi connectivity index (χ2v) is 3.08. The summed E-state index contributed by atoms with van der Waals surface area (Å²) in [7, 11) is 0. The topological polar surface area (TPSA) is 51.8 Å². The summed E-state index contributed by atoms with van der Waals surface area (Å²) in [5.74, 6) is 1.23. The van der Waals surface area contributed by atoms with Crippen molar-refractivity contribution in [2.45, 2.75) is 6.92 Å². The third-order valence-electron chi connectivity index (χ3n) is 2.02. The summed E-state index contributed by atoms with van der Waals surface area (Å²) in [4.78, 5) is 8.24. The van der Waals surface area contributed by atoms with Crippen molar-refractivity contribution in [3.05, 3.63) is 42.4 Å². The molecule has 0 unspecified atom stereocenters. The Morgan fingerprint density at radius 1 is 1.14 bits per heavy atom. The standard InChI is InChI=1S/C11H11N3/c1-8-13-7-10(11(12)14-8)9-5-3-2-4-6-9/h2-7H,1H3,(H2,12,13,14). The second kappa shape index (κ2) is 3.46. The van der Waals surface area contributed by atoms with E-state index in [1.807, 2.05) is 37.3 Å². The molecule has 0 aliphatic carbocycles. The van der Waals surface area contributed by atoms with Crippen LogP contribution in [0.5, 0.6) is 0 Å². The first-order chi connectivity index (χ1) is 6.77. The van der Waals surface area contributed by atoms with Crippen LogP contribution in [-0.2, 0) is 0 Å². The highest BCUT2D eigenvalue weighted by Crippen LogP contribution is 2.22. The van der Waals surface area contributed by atoms with Crippen LogP contribution in [0.25, 0.3) is 11.1 Å². The number of benzene rings is 1. The van der Waals surface area contributed by atoms with E-state index in [9.17, 15) is 0 Å². The van der Waals surface area contributed by atoms with E-state index >= 15 is 0 Å². The Balaban J connectivity index is 2.53. The van der Waals surface area contributed by atoms with E-state index in [2.05, 4.69) is 9.97 Å². The van der Waals surface area contributed by atoms with Crippen LogP contribution in [0.1, 0.15) is 5.82 Å². The van der Waals surface area contributed by atoms with E-state index in [4.69, 9.17) is 5.73 Å². The van der Waals surface area contributed by atoms with Gasteiger partial charge in [0.1, 0.15) is 11.6 Å². The van der Waals surface area contributed by atoms with Gasteiger partial charge in [-0.25, -0.2) is 9.97 Å². The molecule has 3 heteroatoms. The van der Waals surface area contributed by atoms with Gasteiger partial charge in [0.05, 0.1) is 0 Å². The minimum absolute atomic E-state index is 0.531. The number of aryl methyl sites for hydroxylation is 1. The van der Waals surface area contributed by atoms with Crippen LogP contribution in [0.3, 0.4) is 0 Å². The van der Waals surface area contributed by atoms with Crippen LogP contribution in [0.2, 0.25) is 0 Å². The molecule has 0 spiro atoms. The van der Waals surface area contributed by atoms with Crippen LogP contribution >= 0.6 is 0 Å². The maximum absolute atomic E-state index is 5.80. The molecule has 70 valence electrons. The quantitative estimate of drug-likeness (QED) is 0.739. The fraction of sp³-hybridized carbons (Fsp3) is 0.0909. The molecule has 0 saturated heterocycles. The number of rotatable bonds is 1. The van der Waals surface area contributed by atoms with E-state index in [0.29, 0.717) is 11.6 Å². The van der Waals surface area contributed by atoms with Gasteiger partial charge in [-0.3, -0.25) is 0 Å². The molecule has 1 aromatic heterocycles. The van der Waals surface area contributed by atoms with Crippen molar-refractivity contribution in [3.8, 4) is 11.1 Å². The van der Waals surface area contributed by atoms with Crippen LogP contribution in [0.4, 0.5) is 5.82 Å². The molecule has 2 rings (SSSR count). The normalized spacial score (nSPS) is 10.1. The minimum atomic E-state index is 0.531. The van der Waals surface area contributed by atoms with Gasteiger partial charge in [-0.2, -0.15) is 0 Å². The van der Waals surface area contributed by atoms with Gasteiger partial charge in [-0.05, 0) is 12.5 Å². The fourth-order valence-corrected chi connectivity index (χ4v) is 1.33. The maximum atomic E-state index is 5.80. The Morgan fingerprint density at radius 3 is 2.50 bits per heavy atom. The van der Waals surface area contributed by atoms with Crippen molar-refractivity contribution >= 4 is 5.82 Å². The molecular weight excluding hydrogens is 174 g/mol. The SMILES string of the molecule is Cc1ncc(-c2ccccc2)c(N)n1. The van der Waals surface area contributed by atoms with Gasteiger partial charge in [0.2, 0.25) is 0 Å². The first-order valence-corrected chi connectivity index (χ1v) is 4.42. The average molecular weight is 185 g/mol. The Bertz CT molecular complexity index is 438. The van der Waals surface area contributed by atoms with Crippen molar-refractivity contribution < 1.29 is 0 Å². The fourth-order valence-electron chi connectivity index (χ4n) is 1.33. The molecule has 0 fully saturated rings. The molecule has 1 aromatic carbocycles. The smallest absolute Gasteiger partial charge is 0.135 e. The van der Waals surface area contributed by atoms with Crippen molar-refractivity contribution in [1.82, 2.24) is 9.97 Å². The number of aromatic nitrogens is 2. The minimum Gasteiger partial charge on any atom is -0.383 e. The Labute approximate surface area is 82.6 Å². The molecule has 0 amide bonds. The van der Waals surface area contributed by atoms with Gasteiger partial charge < -0.3 is 5.73 Å². The lowest BCUT2D eigenvalue weighted by Gasteiger charge is -2.04. The Morgan fingerprint density at radius 2 is 1.86 bits per heavy atom. The van der Waals surface area contributed by atoms with Crippen molar-refractivity contribution in [2.75, 3.05) is 5.73 Å². The summed E-state index contributed by atoms with van der Waals surface area (Å²) >= 11 is 0. The average Bonchev–Trinajstić information content (AvgIpc) is 2.19. The molecule has 0 atom stereocenters. The zero-order valence-corrected chi connectivity index (χ0v) is 7.94. The summed E-state index contributed by atoms with van der Waals surface area (Å²) in [6.07, 6.45) is 1.76. The highest BCUT2D eigenvalue weighted by atomic mass is 14.9. The van der Waals surface area contributed by atoms with Crippen molar-refractivity contribution in [3.63, 3.8) is 0 Å². The molecule has 0 saturated carbocycles. The molecule has 2 N–H and O–H groups in total. The number of nitrogens with two attached hydrogens (primary N) is 1. The molecule has 0 aliphatic rings. The Kier molecular flexibility index (Phi) is 2.14. The van der Waals surface area contributed by atoms with Crippen molar-refractivity contribution in [2.24, 2.45) is 0 Å². The zero-order chi connectivity index (χ0) is 9.97. The first kappa shape index (κ1) is 8.69. The highest BCUT2D eigenvalue weighted by molar-refractivity contribution is 5.72. The zero-order valence-electron chi connectivity index (χ0n) is 7.94. The molecule has 14 heavy (non-hydrogen) atoms. The maximum Gasteiger partial charge on any atom is 0.135 e. The van der Waals surface area contributed by atoms with Crippen LogP contribution in [0.15, 0.2) is 36.5 Å². The van der Waals surface area contributed by atoms with Gasteiger partial charge in [0, 0.05) is 11.8 Å². The summed E-state index contributed by atoms with van der Waals surface area (Å²) in [5.41, 5.74) is 7.73. The van der Waals surface area contributed by atoms with Crippen LogP contribution < -0.4 is 5.73 Å². The van der Waals surface area contributed by atoms with E-state index in [1.165, 1.54) is 0 Å². The van der Waals surface area contributed by atoms with E-state index < -0.39 is 0 Å². The van der Waals surface area contributed by atoms with Gasteiger partial charge >= 0.3 is 0 Å². The first-order valence-electron chi connectivity index (χ1n) is 4.42. The van der Waals surface area contributed by atoms with E-state index in [1.54, 1.807) is 6.20 Å². The third-order valence-corrected chi connectivity index (χ3v) is 2.02. The summed E-state index contributed by atoms with van der Waals surface area (Å²) in [5, 5.41) is 0. The summed E-state index contributed by atoms with van der Waals surface area (Å²) in [6.45, 7) is 1.82. The number of nitrogen functional groups attached to an aromatic ring is 1. The molecule has 0 bridgehead atoms. The molecule has 0 aliphatic heterocycles. The number of anilines is 1. The number of hydrogen-bond donors (Lipinski definition) is 1. The highest BCUT2D eigenvalue weighted by Gasteiger charge is 2.03. The van der Waals surface area contributed by atoms with Gasteiger partial charge in [0.25, 0.3) is 0 Å². The lowest BCUT2D eigenvalue weighted by atomic mass is 10.1. The van der Waals surface area contributed by atoms with Crippen LogP contribution in [-0.4, -0.2) is 9.97 Å². The van der Waals surface area contributed by atoms with Gasteiger partial charge in [-0.1, -0.05) is 30.3 Å². The molecule has 2 aromatic rings. The second-order valence-electron chi connectivity index (χ2n) is 3.08. The monoisotopic (exact) mass is 185 g/mol. The van der Waals surface area contributed by atoms with E-state index in [0.717, 1.165) is 11.1 Å². The predicted octanol–water partition coefficient (Wildman–Crippen LogP) is 2.03. The summed E-state index contributed by atoms with van der Waals surface area (Å²) < 4.78 is 0. The molecule has 1 heterocycles. The number of nitrogens with zero attached hydrogens (tertiary/aromatic N) is 2. The van der Waals surface area contributed by atoms with Gasteiger partial charge in [0.15, 0.2) is 0 Å². The molecule has 0 radical (unpaired) electrons.